The lowest BCUT2D eigenvalue weighted by Crippen LogP contribution is -2.20. The number of fused-ring (bicyclic) bond motifs is 1. The van der Waals surface area contributed by atoms with Crippen LogP contribution in [-0.2, 0) is 4.79 Å². The second-order valence-corrected chi connectivity index (χ2v) is 6.73. The van der Waals surface area contributed by atoms with Crippen molar-refractivity contribution in [2.45, 2.75) is 13.8 Å². The summed E-state index contributed by atoms with van der Waals surface area (Å²) in [5, 5.41) is 2.83. The van der Waals surface area contributed by atoms with Crippen LogP contribution in [0, 0.1) is 13.8 Å². The van der Waals surface area contributed by atoms with Crippen LogP contribution in [0.2, 0.25) is 0 Å². The standard InChI is InChI=1S/C23H20N2O3/c1-15-10-16(2)12-17(11-15)23-25-20-13-18(8-9-21(20)28-23)24-22(26)14-27-19-6-4-3-5-7-19/h3-13H,14H2,1-2H3,(H,24,26). The SMILES string of the molecule is Cc1cc(C)cc(-c2nc3cc(NC(=O)COc4ccccc4)ccc3o2)c1. The number of hydrogen-bond donors (Lipinski definition) is 1. The Morgan fingerprint density at radius 3 is 2.50 bits per heavy atom. The number of oxazole rings is 1. The number of benzene rings is 3. The van der Waals surface area contributed by atoms with Crippen LogP contribution in [0.3, 0.4) is 0 Å². The maximum Gasteiger partial charge on any atom is 0.262 e. The summed E-state index contributed by atoms with van der Waals surface area (Å²) < 4.78 is 11.3. The van der Waals surface area contributed by atoms with Crippen molar-refractivity contribution >= 4 is 22.7 Å². The van der Waals surface area contributed by atoms with Gasteiger partial charge >= 0.3 is 0 Å². The van der Waals surface area contributed by atoms with Crippen molar-refractivity contribution < 1.29 is 13.9 Å². The third kappa shape index (κ3) is 4.04. The third-order valence-electron chi connectivity index (χ3n) is 4.25. The van der Waals surface area contributed by atoms with Gasteiger partial charge < -0.3 is 14.5 Å². The highest BCUT2D eigenvalue weighted by atomic mass is 16.5. The van der Waals surface area contributed by atoms with E-state index in [4.69, 9.17) is 9.15 Å². The number of ether oxygens (including phenoxy) is 1. The van der Waals surface area contributed by atoms with E-state index in [-0.39, 0.29) is 12.5 Å². The summed E-state index contributed by atoms with van der Waals surface area (Å²) in [5.41, 5.74) is 5.26. The fraction of sp³-hybridized carbons (Fsp3) is 0.130. The number of hydrogen-bond acceptors (Lipinski definition) is 4. The Balaban J connectivity index is 1.49. The molecule has 28 heavy (non-hydrogen) atoms. The van der Waals surface area contributed by atoms with Crippen molar-refractivity contribution in [2.75, 3.05) is 11.9 Å². The first-order valence-electron chi connectivity index (χ1n) is 9.04. The predicted octanol–water partition coefficient (Wildman–Crippen LogP) is 5.13. The van der Waals surface area contributed by atoms with Crippen molar-refractivity contribution in [3.8, 4) is 17.2 Å². The van der Waals surface area contributed by atoms with Crippen LogP contribution in [0.15, 0.2) is 71.1 Å². The average Bonchev–Trinajstić information content (AvgIpc) is 3.10. The number of rotatable bonds is 5. The Labute approximate surface area is 163 Å². The molecule has 0 bridgehead atoms. The van der Waals surface area contributed by atoms with E-state index in [0.717, 1.165) is 16.7 Å². The number of aromatic nitrogens is 1. The molecule has 4 aromatic rings. The van der Waals surface area contributed by atoms with Crippen molar-refractivity contribution in [3.05, 3.63) is 77.9 Å². The maximum absolute atomic E-state index is 12.1. The molecule has 0 unspecified atom stereocenters. The van der Waals surface area contributed by atoms with Gasteiger partial charge in [0.15, 0.2) is 12.2 Å². The van der Waals surface area contributed by atoms with Gasteiger partial charge in [-0.05, 0) is 56.3 Å². The molecule has 0 aliphatic carbocycles. The summed E-state index contributed by atoms with van der Waals surface area (Å²) >= 11 is 0. The minimum atomic E-state index is -0.235. The van der Waals surface area contributed by atoms with E-state index in [1.165, 1.54) is 0 Å². The monoisotopic (exact) mass is 372 g/mol. The second kappa shape index (κ2) is 7.56. The highest BCUT2D eigenvalue weighted by Gasteiger charge is 2.11. The largest absolute Gasteiger partial charge is 0.484 e. The number of nitrogens with one attached hydrogen (secondary N) is 1. The van der Waals surface area contributed by atoms with Crippen LogP contribution in [0.25, 0.3) is 22.6 Å². The van der Waals surface area contributed by atoms with E-state index in [9.17, 15) is 4.79 Å². The Bertz CT molecular complexity index is 1110. The van der Waals surface area contributed by atoms with Crippen LogP contribution in [0.4, 0.5) is 5.69 Å². The molecule has 5 heteroatoms. The topological polar surface area (TPSA) is 64.4 Å². The molecule has 0 saturated heterocycles. The summed E-state index contributed by atoms with van der Waals surface area (Å²) in [4.78, 5) is 16.7. The Morgan fingerprint density at radius 1 is 1.00 bits per heavy atom. The molecule has 1 N–H and O–H groups in total. The first-order valence-corrected chi connectivity index (χ1v) is 9.04. The van der Waals surface area contributed by atoms with Gasteiger partial charge in [-0.1, -0.05) is 35.4 Å². The van der Waals surface area contributed by atoms with Crippen molar-refractivity contribution in [3.63, 3.8) is 0 Å². The molecule has 0 spiro atoms. The highest BCUT2D eigenvalue weighted by Crippen LogP contribution is 2.27. The van der Waals surface area contributed by atoms with Gasteiger partial charge in [-0.3, -0.25) is 4.79 Å². The van der Waals surface area contributed by atoms with Gasteiger partial charge in [-0.25, -0.2) is 4.98 Å². The zero-order valence-corrected chi connectivity index (χ0v) is 15.7. The van der Waals surface area contributed by atoms with Crippen molar-refractivity contribution in [1.82, 2.24) is 4.98 Å². The summed E-state index contributed by atoms with van der Waals surface area (Å²) in [6.07, 6.45) is 0. The molecule has 0 aliphatic heterocycles. The van der Waals surface area contributed by atoms with E-state index < -0.39 is 0 Å². The zero-order chi connectivity index (χ0) is 19.5. The lowest BCUT2D eigenvalue weighted by atomic mass is 10.1. The first kappa shape index (κ1) is 17.8. The summed E-state index contributed by atoms with van der Waals surface area (Å²) in [5.74, 6) is 0.988. The molecule has 0 aliphatic rings. The molecular weight excluding hydrogens is 352 g/mol. The van der Waals surface area contributed by atoms with Gasteiger partial charge in [0.05, 0.1) is 0 Å². The normalized spacial score (nSPS) is 10.8. The Kier molecular flexibility index (Phi) is 4.81. The number of carbonyl (C=O) groups is 1. The molecule has 0 atom stereocenters. The number of para-hydroxylation sites is 1. The average molecular weight is 372 g/mol. The van der Waals surface area contributed by atoms with E-state index >= 15 is 0 Å². The minimum Gasteiger partial charge on any atom is -0.484 e. The molecular formula is C23H20N2O3. The zero-order valence-electron chi connectivity index (χ0n) is 15.7. The van der Waals surface area contributed by atoms with Crippen LogP contribution in [0.1, 0.15) is 11.1 Å². The maximum atomic E-state index is 12.1. The first-order chi connectivity index (χ1) is 13.6. The molecule has 0 fully saturated rings. The molecule has 0 radical (unpaired) electrons. The molecule has 5 nitrogen and oxygen atoms in total. The minimum absolute atomic E-state index is 0.0608. The fourth-order valence-electron chi connectivity index (χ4n) is 3.09. The molecule has 4 rings (SSSR count). The number of aryl methyl sites for hydroxylation is 2. The molecule has 140 valence electrons. The quantitative estimate of drug-likeness (QED) is 0.527. The molecule has 0 saturated carbocycles. The molecule has 1 amide bonds. The predicted molar refractivity (Wildman–Crippen MR) is 109 cm³/mol. The van der Waals surface area contributed by atoms with Crippen LogP contribution < -0.4 is 10.1 Å². The fourth-order valence-corrected chi connectivity index (χ4v) is 3.09. The van der Waals surface area contributed by atoms with Crippen molar-refractivity contribution in [1.29, 1.82) is 0 Å². The number of carbonyl (C=O) groups excluding carboxylic acids is 1. The van der Waals surface area contributed by atoms with E-state index in [1.54, 1.807) is 12.1 Å². The van der Waals surface area contributed by atoms with Gasteiger partial charge in [0.2, 0.25) is 5.89 Å². The molecule has 1 heterocycles. The summed E-state index contributed by atoms with van der Waals surface area (Å²) in [7, 11) is 0. The second-order valence-electron chi connectivity index (χ2n) is 6.73. The van der Waals surface area contributed by atoms with Gasteiger partial charge in [-0.2, -0.15) is 0 Å². The van der Waals surface area contributed by atoms with Gasteiger partial charge in [-0.15, -0.1) is 0 Å². The van der Waals surface area contributed by atoms with Crippen LogP contribution in [-0.4, -0.2) is 17.5 Å². The molecule has 3 aromatic carbocycles. The summed E-state index contributed by atoms with van der Waals surface area (Å²) in [6, 6.07) is 20.8. The van der Waals surface area contributed by atoms with Crippen molar-refractivity contribution in [2.24, 2.45) is 0 Å². The van der Waals surface area contributed by atoms with Gasteiger partial charge in [0.1, 0.15) is 11.3 Å². The number of amides is 1. The Hall–Kier alpha value is -3.60. The van der Waals surface area contributed by atoms with Gasteiger partial charge in [0.25, 0.3) is 5.91 Å². The Morgan fingerprint density at radius 2 is 1.75 bits per heavy atom. The summed E-state index contributed by atoms with van der Waals surface area (Å²) in [6.45, 7) is 4.03. The van der Waals surface area contributed by atoms with Crippen LogP contribution >= 0.6 is 0 Å². The highest BCUT2D eigenvalue weighted by molar-refractivity contribution is 5.94. The smallest absolute Gasteiger partial charge is 0.262 e. The third-order valence-corrected chi connectivity index (χ3v) is 4.25. The lowest BCUT2D eigenvalue weighted by molar-refractivity contribution is -0.118. The number of anilines is 1. The van der Waals surface area contributed by atoms with E-state index in [2.05, 4.69) is 16.4 Å². The molecule has 1 aromatic heterocycles. The lowest BCUT2D eigenvalue weighted by Gasteiger charge is -2.07. The van der Waals surface area contributed by atoms with Crippen LogP contribution in [0.5, 0.6) is 5.75 Å². The number of nitrogens with zero attached hydrogens (tertiary/aromatic N) is 1. The van der Waals surface area contributed by atoms with E-state index in [1.807, 2.05) is 62.4 Å². The van der Waals surface area contributed by atoms with E-state index in [0.29, 0.717) is 28.4 Å². The van der Waals surface area contributed by atoms with Gasteiger partial charge in [0, 0.05) is 11.3 Å².